The Balaban J connectivity index is 0.000000784. The lowest BCUT2D eigenvalue weighted by Gasteiger charge is -2.31. The number of aromatic hydroxyl groups is 1. The van der Waals surface area contributed by atoms with Crippen LogP contribution >= 0.6 is 11.6 Å². The summed E-state index contributed by atoms with van der Waals surface area (Å²) in [5.74, 6) is -0.582. The molecule has 3 N–H and O–H groups in total. The molecule has 35 heavy (non-hydrogen) atoms. The van der Waals surface area contributed by atoms with Crippen LogP contribution in [0, 0.1) is 0 Å². The van der Waals surface area contributed by atoms with Gasteiger partial charge in [0, 0.05) is 42.3 Å². The molecule has 0 unspecified atom stereocenters. The molecule has 0 aromatic heterocycles. The van der Waals surface area contributed by atoms with Crippen molar-refractivity contribution in [2.45, 2.75) is 11.8 Å². The number of nitrogens with zero attached hydrogens (tertiary/aromatic N) is 3. The molecule has 1 fully saturated rings. The van der Waals surface area contributed by atoms with Crippen molar-refractivity contribution in [1.82, 2.24) is 14.6 Å². The van der Waals surface area contributed by atoms with Crippen LogP contribution in [-0.4, -0.2) is 86.8 Å². The number of halogens is 1. The number of phenolic OH excluding ortho intramolecular Hbond substituents is 1. The molecule has 1 amide bonds. The standard InChI is InChI=1S/C20H23ClN4O4S.CH4O3S/c1-14(18-13-16(21)6-7-19(18)26)22-23-20(27)15-4-3-5-17(12-15)30(28,29)25-10-8-24(2)9-11-25;1-5(2,3)4/h3-7,12-13,26H,8-11H2,1-2H3,(H,23,27);1H3,(H,2,3,4)/b22-14+;. The Labute approximate surface area is 209 Å². The molecule has 1 heterocycles. The Morgan fingerprint density at radius 3 is 2.26 bits per heavy atom. The fraction of sp³-hybridized carbons (Fsp3) is 0.333. The summed E-state index contributed by atoms with van der Waals surface area (Å²) in [4.78, 5) is 14.6. The molecule has 0 atom stereocenters. The van der Waals surface area contributed by atoms with Crippen LogP contribution < -0.4 is 5.43 Å². The SMILES string of the molecule is C/C(=N\NC(=O)c1cccc(S(=O)(=O)N2CCN(C)CC2)c1)c1cc(Cl)ccc1O.CS(=O)(=O)O. The van der Waals surface area contributed by atoms with Crippen molar-refractivity contribution in [2.75, 3.05) is 39.5 Å². The highest BCUT2D eigenvalue weighted by Crippen LogP contribution is 2.22. The number of carbonyl (C=O) groups is 1. The highest BCUT2D eigenvalue weighted by Gasteiger charge is 2.28. The molecule has 3 rings (SSSR count). The van der Waals surface area contributed by atoms with Crippen LogP contribution in [0.2, 0.25) is 5.02 Å². The zero-order chi connectivity index (χ0) is 26.4. The number of hydrogen-bond donors (Lipinski definition) is 3. The van der Waals surface area contributed by atoms with E-state index < -0.39 is 26.0 Å². The van der Waals surface area contributed by atoms with Gasteiger partial charge in [-0.05, 0) is 50.4 Å². The Morgan fingerprint density at radius 2 is 1.66 bits per heavy atom. The van der Waals surface area contributed by atoms with Crippen molar-refractivity contribution in [1.29, 1.82) is 0 Å². The zero-order valence-electron chi connectivity index (χ0n) is 19.3. The zero-order valence-corrected chi connectivity index (χ0v) is 21.7. The van der Waals surface area contributed by atoms with Gasteiger partial charge in [0.05, 0.1) is 16.9 Å². The fourth-order valence-electron chi connectivity index (χ4n) is 3.03. The van der Waals surface area contributed by atoms with E-state index in [1.54, 1.807) is 13.0 Å². The molecule has 0 aliphatic carbocycles. The van der Waals surface area contributed by atoms with Crippen LogP contribution in [0.25, 0.3) is 0 Å². The molecular weight excluding hydrogens is 520 g/mol. The second-order valence-corrected chi connectivity index (χ2v) is 11.6. The summed E-state index contributed by atoms with van der Waals surface area (Å²) in [5, 5.41) is 14.3. The number of nitrogens with one attached hydrogen (secondary N) is 1. The maximum atomic E-state index is 12.9. The number of amides is 1. The van der Waals surface area contributed by atoms with E-state index in [9.17, 15) is 26.7 Å². The van der Waals surface area contributed by atoms with Crippen molar-refractivity contribution in [3.8, 4) is 5.75 Å². The van der Waals surface area contributed by atoms with Crippen LogP contribution in [0.1, 0.15) is 22.8 Å². The minimum Gasteiger partial charge on any atom is -0.507 e. The van der Waals surface area contributed by atoms with E-state index in [0.29, 0.717) is 48.7 Å². The summed E-state index contributed by atoms with van der Waals surface area (Å²) in [6.07, 6.45) is 0.715. The van der Waals surface area contributed by atoms with Gasteiger partial charge in [0.2, 0.25) is 10.0 Å². The summed E-state index contributed by atoms with van der Waals surface area (Å²) < 4.78 is 53.1. The Morgan fingerprint density at radius 1 is 1.06 bits per heavy atom. The molecule has 0 saturated carbocycles. The topological polar surface area (TPSA) is 157 Å². The third-order valence-corrected chi connectivity index (χ3v) is 7.00. The molecule has 0 bridgehead atoms. The lowest BCUT2D eigenvalue weighted by molar-refractivity contribution is 0.0954. The highest BCUT2D eigenvalue weighted by molar-refractivity contribution is 7.89. The van der Waals surface area contributed by atoms with E-state index in [1.807, 2.05) is 7.05 Å². The summed E-state index contributed by atoms with van der Waals surface area (Å²) in [5.41, 5.74) is 3.29. The van der Waals surface area contributed by atoms with Crippen molar-refractivity contribution in [2.24, 2.45) is 5.10 Å². The van der Waals surface area contributed by atoms with E-state index in [4.69, 9.17) is 16.2 Å². The average molecular weight is 547 g/mol. The van der Waals surface area contributed by atoms with Crippen molar-refractivity contribution >= 4 is 43.4 Å². The molecule has 1 aliphatic heterocycles. The highest BCUT2D eigenvalue weighted by atomic mass is 35.5. The van der Waals surface area contributed by atoms with Crippen LogP contribution in [0.3, 0.4) is 0 Å². The van der Waals surface area contributed by atoms with Gasteiger partial charge in [-0.1, -0.05) is 17.7 Å². The van der Waals surface area contributed by atoms with Gasteiger partial charge in [-0.25, -0.2) is 13.8 Å². The predicted molar refractivity (Wildman–Crippen MR) is 133 cm³/mol. The first-order chi connectivity index (χ1) is 16.2. The third kappa shape index (κ3) is 8.87. The molecule has 0 spiro atoms. The van der Waals surface area contributed by atoms with E-state index in [1.165, 1.54) is 40.7 Å². The summed E-state index contributed by atoms with van der Waals surface area (Å²) in [6.45, 7) is 3.73. The molecular formula is C21H27ClN4O7S2. The molecule has 0 radical (unpaired) electrons. The van der Waals surface area contributed by atoms with Crippen LogP contribution in [-0.2, 0) is 20.1 Å². The molecule has 1 aliphatic rings. The van der Waals surface area contributed by atoms with Gasteiger partial charge in [0.1, 0.15) is 5.75 Å². The van der Waals surface area contributed by atoms with E-state index in [-0.39, 0.29) is 16.2 Å². The van der Waals surface area contributed by atoms with E-state index in [0.717, 1.165) is 0 Å². The third-order valence-electron chi connectivity index (χ3n) is 4.87. The van der Waals surface area contributed by atoms with Crippen LogP contribution in [0.4, 0.5) is 0 Å². The molecule has 14 heteroatoms. The quantitative estimate of drug-likeness (QED) is 0.290. The van der Waals surface area contributed by atoms with Gasteiger partial charge >= 0.3 is 0 Å². The predicted octanol–water partition coefficient (Wildman–Crippen LogP) is 1.64. The molecule has 2 aromatic carbocycles. The molecule has 2 aromatic rings. The number of likely N-dealkylation sites (N-methyl/N-ethyl adjacent to an activating group) is 1. The van der Waals surface area contributed by atoms with Crippen molar-refractivity contribution < 1.29 is 31.3 Å². The minimum atomic E-state index is -3.68. The molecule has 11 nitrogen and oxygen atoms in total. The average Bonchev–Trinajstić information content (AvgIpc) is 2.78. The number of sulfonamides is 1. The Hall–Kier alpha value is -2.55. The number of benzene rings is 2. The van der Waals surface area contributed by atoms with Gasteiger partial charge in [0.15, 0.2) is 0 Å². The monoisotopic (exact) mass is 546 g/mol. The summed E-state index contributed by atoms with van der Waals surface area (Å²) >= 11 is 5.93. The first-order valence-corrected chi connectivity index (χ1v) is 13.9. The van der Waals surface area contributed by atoms with Crippen LogP contribution in [0.5, 0.6) is 5.75 Å². The molecule has 192 valence electrons. The van der Waals surface area contributed by atoms with Gasteiger partial charge in [-0.2, -0.15) is 17.8 Å². The maximum absolute atomic E-state index is 12.9. The minimum absolute atomic E-state index is 0.0184. The second kappa shape index (κ2) is 11.9. The van der Waals surface area contributed by atoms with Crippen molar-refractivity contribution in [3.05, 3.63) is 58.6 Å². The molecule has 1 saturated heterocycles. The second-order valence-electron chi connectivity index (χ2n) is 7.77. The van der Waals surface area contributed by atoms with E-state index in [2.05, 4.69) is 15.4 Å². The largest absolute Gasteiger partial charge is 0.507 e. The number of phenols is 1. The lowest BCUT2D eigenvalue weighted by Crippen LogP contribution is -2.47. The van der Waals surface area contributed by atoms with Gasteiger partial charge in [-0.3, -0.25) is 9.35 Å². The Kier molecular flexibility index (Phi) is 9.77. The fourth-order valence-corrected chi connectivity index (χ4v) is 4.67. The van der Waals surface area contributed by atoms with Gasteiger partial charge in [-0.15, -0.1) is 0 Å². The normalized spacial score (nSPS) is 15.7. The first-order valence-electron chi connectivity index (χ1n) is 10.2. The maximum Gasteiger partial charge on any atom is 0.271 e. The van der Waals surface area contributed by atoms with Crippen molar-refractivity contribution in [3.63, 3.8) is 0 Å². The summed E-state index contributed by atoms with van der Waals surface area (Å²) in [6, 6.07) is 10.4. The number of piperazine rings is 1. The Bertz CT molecular complexity index is 1300. The lowest BCUT2D eigenvalue weighted by atomic mass is 10.1. The van der Waals surface area contributed by atoms with Gasteiger partial charge < -0.3 is 10.0 Å². The first kappa shape index (κ1) is 28.7. The van der Waals surface area contributed by atoms with E-state index >= 15 is 0 Å². The smallest absolute Gasteiger partial charge is 0.271 e. The number of carbonyl (C=O) groups excluding carboxylic acids is 1. The number of rotatable bonds is 5. The van der Waals surface area contributed by atoms with Gasteiger partial charge in [0.25, 0.3) is 16.0 Å². The number of hydrogen-bond acceptors (Lipinski definition) is 8. The summed E-state index contributed by atoms with van der Waals surface area (Å²) in [7, 11) is -5.40. The van der Waals surface area contributed by atoms with Crippen LogP contribution in [0.15, 0.2) is 52.5 Å². The number of hydrazone groups is 1.